The highest BCUT2D eigenvalue weighted by molar-refractivity contribution is 6.37. The molecule has 0 bridgehead atoms. The molecule has 0 aliphatic heterocycles. The molecule has 0 saturated carbocycles. The van der Waals surface area contributed by atoms with Gasteiger partial charge in [-0.25, -0.2) is 0 Å². The van der Waals surface area contributed by atoms with Crippen LogP contribution in [0.2, 0.25) is 10.0 Å². The van der Waals surface area contributed by atoms with E-state index in [9.17, 15) is 13.2 Å². The van der Waals surface area contributed by atoms with Crippen molar-refractivity contribution in [3.8, 4) is 5.75 Å². The van der Waals surface area contributed by atoms with E-state index in [4.69, 9.17) is 27.9 Å². The van der Waals surface area contributed by atoms with Crippen molar-refractivity contribution in [2.75, 3.05) is 12.0 Å². The van der Waals surface area contributed by atoms with Crippen molar-refractivity contribution >= 4 is 35.1 Å². The summed E-state index contributed by atoms with van der Waals surface area (Å²) in [4.78, 5) is 0. The van der Waals surface area contributed by atoms with Gasteiger partial charge in [0.2, 0.25) is 0 Å². The lowest BCUT2D eigenvalue weighted by atomic mass is 10.2. The fourth-order valence-corrected chi connectivity index (χ4v) is 2.46. The molecule has 0 aliphatic rings. The zero-order chi connectivity index (χ0) is 17.7. The molecule has 2 aromatic carbocycles. The van der Waals surface area contributed by atoms with Gasteiger partial charge in [0, 0.05) is 0 Å². The molecule has 0 aromatic heterocycles. The number of hydrazone groups is 1. The zero-order valence-corrected chi connectivity index (χ0v) is 14.0. The van der Waals surface area contributed by atoms with Crippen molar-refractivity contribution < 1.29 is 17.9 Å². The molecule has 0 saturated heterocycles. The van der Waals surface area contributed by atoms with Gasteiger partial charge >= 0.3 is 6.18 Å². The Balaban J connectivity index is 2.06. The Morgan fingerprint density at radius 2 is 1.71 bits per heavy atom. The van der Waals surface area contributed by atoms with Crippen LogP contribution in [-0.2, 0) is 6.18 Å². The summed E-state index contributed by atoms with van der Waals surface area (Å²) in [6, 6.07) is 7.77. The summed E-state index contributed by atoms with van der Waals surface area (Å²) < 4.78 is 42.7. The van der Waals surface area contributed by atoms with E-state index in [-0.39, 0.29) is 0 Å². The standard InChI is InChI=1S/C16H13Cl2F3N2O/c1-2-24-15-13(17)7-10(8-14(15)18)9-22-23-12-5-3-11(4-6-12)16(19,20)21/h3-9,23H,2H2,1H3. The smallest absolute Gasteiger partial charge is 0.416 e. The van der Waals surface area contributed by atoms with Crippen molar-refractivity contribution in [3.63, 3.8) is 0 Å². The van der Waals surface area contributed by atoms with Gasteiger partial charge in [0.1, 0.15) is 0 Å². The molecular formula is C16H13Cl2F3N2O. The molecule has 0 fully saturated rings. The fourth-order valence-electron chi connectivity index (χ4n) is 1.85. The SMILES string of the molecule is CCOc1c(Cl)cc(C=NNc2ccc(C(F)(F)F)cc2)cc1Cl. The molecule has 2 aromatic rings. The van der Waals surface area contributed by atoms with E-state index in [0.717, 1.165) is 12.1 Å². The van der Waals surface area contributed by atoms with Crippen molar-refractivity contribution in [2.45, 2.75) is 13.1 Å². The summed E-state index contributed by atoms with van der Waals surface area (Å²) in [6.07, 6.45) is -2.91. The summed E-state index contributed by atoms with van der Waals surface area (Å²) in [6.45, 7) is 2.25. The molecular weight excluding hydrogens is 364 g/mol. The molecule has 0 amide bonds. The molecule has 3 nitrogen and oxygen atoms in total. The van der Waals surface area contributed by atoms with Gasteiger partial charge in [0.15, 0.2) is 5.75 Å². The van der Waals surface area contributed by atoms with E-state index in [1.54, 1.807) is 12.1 Å². The molecule has 24 heavy (non-hydrogen) atoms. The lowest BCUT2D eigenvalue weighted by Crippen LogP contribution is -2.04. The fraction of sp³-hybridized carbons (Fsp3) is 0.188. The molecule has 0 aliphatic carbocycles. The minimum Gasteiger partial charge on any atom is -0.491 e. The number of ether oxygens (including phenoxy) is 1. The lowest BCUT2D eigenvalue weighted by molar-refractivity contribution is -0.137. The molecule has 2 rings (SSSR count). The van der Waals surface area contributed by atoms with Crippen LogP contribution in [0.25, 0.3) is 0 Å². The van der Waals surface area contributed by atoms with Gasteiger partial charge in [0.25, 0.3) is 0 Å². The predicted octanol–water partition coefficient (Wildman–Crippen LogP) is 5.86. The van der Waals surface area contributed by atoms with Crippen molar-refractivity contribution in [1.82, 2.24) is 0 Å². The first-order valence-electron chi connectivity index (χ1n) is 6.89. The first-order valence-corrected chi connectivity index (χ1v) is 7.65. The number of nitrogens with zero attached hydrogens (tertiary/aromatic N) is 1. The highest BCUT2D eigenvalue weighted by Gasteiger charge is 2.29. The lowest BCUT2D eigenvalue weighted by Gasteiger charge is -2.09. The van der Waals surface area contributed by atoms with Gasteiger partial charge in [0.05, 0.1) is 34.1 Å². The quantitative estimate of drug-likeness (QED) is 0.523. The van der Waals surface area contributed by atoms with Crippen LogP contribution in [0.1, 0.15) is 18.1 Å². The number of rotatable bonds is 5. The minimum absolute atomic E-state index is 0.348. The summed E-state index contributed by atoms with van der Waals surface area (Å²) in [5.41, 5.74) is 2.95. The Morgan fingerprint density at radius 3 is 2.21 bits per heavy atom. The molecule has 0 heterocycles. The Morgan fingerprint density at radius 1 is 1.12 bits per heavy atom. The van der Waals surface area contributed by atoms with Crippen LogP contribution < -0.4 is 10.2 Å². The monoisotopic (exact) mass is 376 g/mol. The van der Waals surface area contributed by atoms with Crippen LogP contribution in [0.4, 0.5) is 18.9 Å². The Bertz CT molecular complexity index is 708. The van der Waals surface area contributed by atoms with E-state index < -0.39 is 11.7 Å². The second kappa shape index (κ2) is 7.77. The van der Waals surface area contributed by atoms with Crippen molar-refractivity contribution in [3.05, 3.63) is 57.6 Å². The van der Waals surface area contributed by atoms with Gasteiger partial charge in [-0.05, 0) is 48.9 Å². The Kier molecular flexibility index (Phi) is 5.96. The van der Waals surface area contributed by atoms with Crippen molar-refractivity contribution in [1.29, 1.82) is 0 Å². The zero-order valence-electron chi connectivity index (χ0n) is 12.5. The number of alkyl halides is 3. The molecule has 0 atom stereocenters. The topological polar surface area (TPSA) is 33.6 Å². The maximum absolute atomic E-state index is 12.5. The summed E-state index contributed by atoms with van der Waals surface area (Å²) in [5.74, 6) is 0.397. The van der Waals surface area contributed by atoms with Gasteiger partial charge in [-0.3, -0.25) is 5.43 Å². The molecule has 1 N–H and O–H groups in total. The second-order valence-electron chi connectivity index (χ2n) is 4.69. The second-order valence-corrected chi connectivity index (χ2v) is 5.51. The third kappa shape index (κ3) is 4.79. The van der Waals surface area contributed by atoms with E-state index in [1.165, 1.54) is 18.3 Å². The van der Waals surface area contributed by atoms with E-state index in [2.05, 4.69) is 10.5 Å². The Labute approximate surface area is 147 Å². The number of hydrogen-bond donors (Lipinski definition) is 1. The summed E-state index contributed by atoms with van der Waals surface area (Å²) in [7, 11) is 0. The number of nitrogens with one attached hydrogen (secondary N) is 1. The number of hydrogen-bond acceptors (Lipinski definition) is 3. The average Bonchev–Trinajstić information content (AvgIpc) is 2.50. The summed E-state index contributed by atoms with van der Waals surface area (Å²) >= 11 is 12.1. The van der Waals surface area contributed by atoms with E-state index >= 15 is 0 Å². The molecule has 128 valence electrons. The Hall–Kier alpha value is -1.92. The van der Waals surface area contributed by atoms with Crippen LogP contribution in [0, 0.1) is 0 Å². The van der Waals surface area contributed by atoms with E-state index in [0.29, 0.717) is 33.7 Å². The van der Waals surface area contributed by atoms with Gasteiger partial charge < -0.3 is 4.74 Å². The minimum atomic E-state index is -4.36. The van der Waals surface area contributed by atoms with Gasteiger partial charge in [-0.15, -0.1) is 0 Å². The van der Waals surface area contributed by atoms with Crippen LogP contribution in [0.15, 0.2) is 41.5 Å². The first-order chi connectivity index (χ1) is 11.3. The molecule has 0 spiro atoms. The van der Waals surface area contributed by atoms with Crippen LogP contribution in [-0.4, -0.2) is 12.8 Å². The third-order valence-corrected chi connectivity index (χ3v) is 3.49. The first kappa shape index (κ1) is 18.4. The predicted molar refractivity (Wildman–Crippen MR) is 90.3 cm³/mol. The average molecular weight is 377 g/mol. The van der Waals surface area contributed by atoms with Gasteiger partial charge in [-0.1, -0.05) is 23.2 Å². The molecule has 0 radical (unpaired) electrons. The normalized spacial score (nSPS) is 11.8. The van der Waals surface area contributed by atoms with Crippen LogP contribution in [0.5, 0.6) is 5.75 Å². The van der Waals surface area contributed by atoms with E-state index in [1.807, 2.05) is 6.92 Å². The third-order valence-electron chi connectivity index (χ3n) is 2.93. The largest absolute Gasteiger partial charge is 0.491 e. The van der Waals surface area contributed by atoms with Crippen LogP contribution in [0.3, 0.4) is 0 Å². The maximum atomic E-state index is 12.5. The maximum Gasteiger partial charge on any atom is 0.416 e. The molecule has 0 unspecified atom stereocenters. The van der Waals surface area contributed by atoms with Gasteiger partial charge in [-0.2, -0.15) is 18.3 Å². The number of halogens is 5. The summed E-state index contributed by atoms with van der Waals surface area (Å²) in [5, 5.41) is 4.64. The number of anilines is 1. The molecule has 8 heteroatoms. The highest BCUT2D eigenvalue weighted by atomic mass is 35.5. The number of benzene rings is 2. The highest BCUT2D eigenvalue weighted by Crippen LogP contribution is 2.34. The van der Waals surface area contributed by atoms with Crippen LogP contribution >= 0.6 is 23.2 Å². The van der Waals surface area contributed by atoms with Crippen molar-refractivity contribution in [2.24, 2.45) is 5.10 Å².